The molecule has 0 heterocycles. The fraction of sp³-hybridized carbons (Fsp3) is 0.800. The highest BCUT2D eigenvalue weighted by atomic mass is 28.4. The van der Waals surface area contributed by atoms with E-state index in [4.69, 9.17) is 8.85 Å². The van der Waals surface area contributed by atoms with Crippen molar-refractivity contribution in [2.75, 3.05) is 13.1 Å². The number of carbonyl (C=O) groups is 2. The smallest absolute Gasteiger partial charge is 0.306 e. The predicted molar refractivity (Wildman–Crippen MR) is 71.7 cm³/mol. The number of nitrogens with one attached hydrogen (secondary N) is 1. The molecule has 100 valence electrons. The fourth-order valence-electron chi connectivity index (χ4n) is 1.02. The molecule has 17 heavy (non-hydrogen) atoms. The lowest BCUT2D eigenvalue weighted by atomic mass is 10.6. The maximum atomic E-state index is 11.3. The Hall–Kier alpha value is -0.666. The highest BCUT2D eigenvalue weighted by Crippen LogP contribution is 2.03. The van der Waals surface area contributed by atoms with E-state index in [1.807, 2.05) is 39.3 Å². The van der Waals surface area contributed by atoms with Gasteiger partial charge in [0.1, 0.15) is 0 Å². The van der Waals surface area contributed by atoms with Crippen LogP contribution in [0.25, 0.3) is 0 Å². The van der Waals surface area contributed by atoms with E-state index in [-0.39, 0.29) is 25.0 Å². The van der Waals surface area contributed by atoms with Crippen LogP contribution < -0.4 is 5.32 Å². The first kappa shape index (κ1) is 16.3. The molecule has 0 spiro atoms. The normalized spacial score (nSPS) is 12.1. The molecule has 0 rings (SSSR count). The number of hydrogen-bond acceptors (Lipinski definition) is 5. The third-order valence-corrected chi connectivity index (χ3v) is 3.06. The van der Waals surface area contributed by atoms with Gasteiger partial charge < -0.3 is 8.85 Å². The zero-order valence-electron chi connectivity index (χ0n) is 11.5. The van der Waals surface area contributed by atoms with Crippen LogP contribution in [0.2, 0.25) is 39.3 Å². The number of rotatable bonds is 6. The summed E-state index contributed by atoms with van der Waals surface area (Å²) in [7, 11) is -3.67. The Kier molecular flexibility index (Phi) is 6.07. The van der Waals surface area contributed by atoms with E-state index < -0.39 is 16.6 Å². The van der Waals surface area contributed by atoms with Crippen LogP contribution in [0.15, 0.2) is 0 Å². The van der Waals surface area contributed by atoms with Crippen LogP contribution in [0.5, 0.6) is 0 Å². The van der Waals surface area contributed by atoms with E-state index >= 15 is 0 Å². The summed E-state index contributed by atoms with van der Waals surface area (Å²) in [5, 5.41) is 2.73. The molecule has 0 aliphatic rings. The van der Waals surface area contributed by atoms with Crippen LogP contribution in [-0.2, 0) is 18.4 Å². The lowest BCUT2D eigenvalue weighted by Crippen LogP contribution is -2.38. The molecule has 0 aromatic rings. The van der Waals surface area contributed by atoms with Crippen LogP contribution >= 0.6 is 0 Å². The van der Waals surface area contributed by atoms with Crippen LogP contribution in [0.1, 0.15) is 0 Å². The van der Waals surface area contributed by atoms with Gasteiger partial charge in [0.25, 0.3) is 0 Å². The van der Waals surface area contributed by atoms with Crippen molar-refractivity contribution in [1.29, 1.82) is 0 Å². The number of hydrogen-bond donors (Lipinski definition) is 1. The minimum absolute atomic E-state index is 0.0467. The van der Waals surface area contributed by atoms with E-state index in [1.165, 1.54) is 0 Å². The molecule has 7 heteroatoms. The van der Waals surface area contributed by atoms with E-state index in [2.05, 4.69) is 5.32 Å². The van der Waals surface area contributed by atoms with Gasteiger partial charge in [-0.15, -0.1) is 0 Å². The Bertz CT molecular complexity index is 253. The first-order valence-corrected chi connectivity index (χ1v) is 12.5. The summed E-state index contributed by atoms with van der Waals surface area (Å²) in [4.78, 5) is 22.7. The SMILES string of the molecule is C[Si](C)(C)OC(=O)CNCC(=O)O[Si](C)(C)C. The van der Waals surface area contributed by atoms with Crippen LogP contribution in [0.3, 0.4) is 0 Å². The molecule has 0 unspecified atom stereocenters. The van der Waals surface area contributed by atoms with Crippen molar-refractivity contribution < 1.29 is 18.4 Å². The van der Waals surface area contributed by atoms with Gasteiger partial charge in [-0.1, -0.05) is 0 Å². The molecule has 0 amide bonds. The van der Waals surface area contributed by atoms with Crippen molar-refractivity contribution in [3.8, 4) is 0 Å². The maximum Gasteiger partial charge on any atom is 0.306 e. The molecule has 0 saturated carbocycles. The Morgan fingerprint density at radius 1 is 0.824 bits per heavy atom. The Morgan fingerprint density at radius 2 is 1.12 bits per heavy atom. The van der Waals surface area contributed by atoms with E-state index in [1.54, 1.807) is 0 Å². The highest BCUT2D eigenvalue weighted by Gasteiger charge is 2.21. The number of carbonyl (C=O) groups excluding carboxylic acids is 2. The molecule has 0 aromatic carbocycles. The Morgan fingerprint density at radius 3 is 1.35 bits per heavy atom. The highest BCUT2D eigenvalue weighted by molar-refractivity contribution is 6.71. The Balaban J connectivity index is 3.78. The lowest BCUT2D eigenvalue weighted by molar-refractivity contribution is -0.135. The van der Waals surface area contributed by atoms with Gasteiger partial charge in [-0.25, -0.2) is 0 Å². The first-order valence-electron chi connectivity index (χ1n) is 5.64. The average molecular weight is 277 g/mol. The molecule has 0 aromatic heterocycles. The van der Waals surface area contributed by atoms with Crippen molar-refractivity contribution in [2.24, 2.45) is 0 Å². The third-order valence-electron chi connectivity index (χ3n) is 1.38. The molecule has 0 atom stereocenters. The summed E-state index contributed by atoms with van der Waals surface area (Å²) in [6.07, 6.45) is 0. The third kappa shape index (κ3) is 11.6. The standard InChI is InChI=1S/C10H23NO4Si2/c1-16(2,3)14-9(12)7-11-8-10(13)15-17(4,5)6/h11H,7-8H2,1-6H3. The monoisotopic (exact) mass is 277 g/mol. The van der Waals surface area contributed by atoms with Crippen molar-refractivity contribution in [1.82, 2.24) is 5.32 Å². The molecular formula is C10H23NO4Si2. The zero-order chi connectivity index (χ0) is 13.7. The molecule has 0 aliphatic heterocycles. The molecule has 0 fully saturated rings. The molecule has 0 saturated heterocycles. The van der Waals surface area contributed by atoms with Crippen LogP contribution in [-0.4, -0.2) is 41.7 Å². The summed E-state index contributed by atoms with van der Waals surface area (Å²) >= 11 is 0. The molecule has 0 radical (unpaired) electrons. The van der Waals surface area contributed by atoms with E-state index in [9.17, 15) is 9.59 Å². The van der Waals surface area contributed by atoms with Gasteiger partial charge in [0, 0.05) is 0 Å². The van der Waals surface area contributed by atoms with Gasteiger partial charge in [0.15, 0.2) is 0 Å². The molecular weight excluding hydrogens is 254 g/mol. The summed E-state index contributed by atoms with van der Waals surface area (Å²) < 4.78 is 10.4. The summed E-state index contributed by atoms with van der Waals surface area (Å²) in [6.45, 7) is 11.7. The van der Waals surface area contributed by atoms with Crippen LogP contribution in [0.4, 0.5) is 0 Å². The second kappa shape index (κ2) is 6.32. The topological polar surface area (TPSA) is 64.6 Å². The summed E-state index contributed by atoms with van der Waals surface area (Å²) in [5.41, 5.74) is 0. The quantitative estimate of drug-likeness (QED) is 0.742. The van der Waals surface area contributed by atoms with Gasteiger partial charge in [-0.3, -0.25) is 14.9 Å². The molecule has 5 nitrogen and oxygen atoms in total. The molecule has 1 N–H and O–H groups in total. The van der Waals surface area contributed by atoms with E-state index in [0.29, 0.717) is 0 Å². The average Bonchev–Trinajstić information content (AvgIpc) is 1.95. The minimum Gasteiger partial charge on any atom is -0.519 e. The summed E-state index contributed by atoms with van der Waals surface area (Å²) in [5.74, 6) is -0.630. The van der Waals surface area contributed by atoms with Crippen molar-refractivity contribution in [3.05, 3.63) is 0 Å². The predicted octanol–water partition coefficient (Wildman–Crippen LogP) is 1.33. The maximum absolute atomic E-state index is 11.3. The first-order chi connectivity index (χ1) is 7.49. The molecule has 0 aliphatic carbocycles. The Labute approximate surface area is 105 Å². The minimum atomic E-state index is -1.83. The summed E-state index contributed by atoms with van der Waals surface area (Å²) in [6, 6.07) is 0. The largest absolute Gasteiger partial charge is 0.519 e. The van der Waals surface area contributed by atoms with Crippen LogP contribution in [0, 0.1) is 0 Å². The zero-order valence-corrected chi connectivity index (χ0v) is 13.5. The van der Waals surface area contributed by atoms with Gasteiger partial charge in [0.05, 0.1) is 13.1 Å². The van der Waals surface area contributed by atoms with Gasteiger partial charge in [-0.05, 0) is 39.3 Å². The molecule has 0 bridgehead atoms. The lowest BCUT2D eigenvalue weighted by Gasteiger charge is -2.19. The van der Waals surface area contributed by atoms with Gasteiger partial charge in [-0.2, -0.15) is 0 Å². The second-order valence-corrected chi connectivity index (χ2v) is 14.6. The second-order valence-electron chi connectivity index (χ2n) is 5.78. The van der Waals surface area contributed by atoms with Crippen molar-refractivity contribution in [3.63, 3.8) is 0 Å². The fourth-order valence-corrected chi connectivity index (χ4v) is 2.53. The van der Waals surface area contributed by atoms with Crippen molar-refractivity contribution in [2.45, 2.75) is 39.3 Å². The van der Waals surface area contributed by atoms with E-state index in [0.717, 1.165) is 0 Å². The van der Waals surface area contributed by atoms with Crippen molar-refractivity contribution >= 4 is 28.6 Å². The van der Waals surface area contributed by atoms with Gasteiger partial charge in [0.2, 0.25) is 16.6 Å². The van der Waals surface area contributed by atoms with Gasteiger partial charge >= 0.3 is 11.9 Å².